The highest BCUT2D eigenvalue weighted by Crippen LogP contribution is 2.12. The van der Waals surface area contributed by atoms with Crippen LogP contribution in [0.2, 0.25) is 0 Å². The maximum atomic E-state index is 10.9. The van der Waals surface area contributed by atoms with E-state index in [1.807, 2.05) is 6.92 Å². The van der Waals surface area contributed by atoms with E-state index < -0.39 is 5.97 Å². The SMILES string of the molecule is C=C(Cl)CNc1cc(C(=O)O)cc(CC)n1. The zero-order chi connectivity index (χ0) is 12.1. The predicted molar refractivity (Wildman–Crippen MR) is 64.1 cm³/mol. The number of aromatic carboxylic acids is 1. The zero-order valence-electron chi connectivity index (χ0n) is 8.96. The van der Waals surface area contributed by atoms with E-state index >= 15 is 0 Å². The summed E-state index contributed by atoms with van der Waals surface area (Å²) in [4.78, 5) is 15.1. The molecule has 86 valence electrons. The van der Waals surface area contributed by atoms with E-state index in [2.05, 4.69) is 16.9 Å². The molecule has 0 saturated heterocycles. The molecule has 0 aliphatic rings. The molecule has 5 heteroatoms. The normalized spacial score (nSPS) is 9.88. The van der Waals surface area contributed by atoms with E-state index in [4.69, 9.17) is 16.7 Å². The fraction of sp³-hybridized carbons (Fsp3) is 0.273. The van der Waals surface area contributed by atoms with Crippen LogP contribution in [-0.2, 0) is 6.42 Å². The number of hydrogen-bond donors (Lipinski definition) is 2. The monoisotopic (exact) mass is 240 g/mol. The van der Waals surface area contributed by atoms with Crippen molar-refractivity contribution in [2.75, 3.05) is 11.9 Å². The molecule has 0 aliphatic carbocycles. The Morgan fingerprint density at radius 1 is 1.62 bits per heavy atom. The smallest absolute Gasteiger partial charge is 0.335 e. The van der Waals surface area contributed by atoms with Gasteiger partial charge in [-0.2, -0.15) is 0 Å². The molecule has 1 rings (SSSR count). The average Bonchev–Trinajstić information content (AvgIpc) is 2.25. The Morgan fingerprint density at radius 2 is 2.31 bits per heavy atom. The summed E-state index contributed by atoms with van der Waals surface area (Å²) in [6.45, 7) is 5.81. The number of carbonyl (C=O) groups is 1. The molecule has 2 N–H and O–H groups in total. The van der Waals surface area contributed by atoms with Crippen molar-refractivity contribution in [3.63, 3.8) is 0 Å². The number of aromatic nitrogens is 1. The second-order valence-corrected chi connectivity index (χ2v) is 3.80. The van der Waals surface area contributed by atoms with Crippen LogP contribution in [0.3, 0.4) is 0 Å². The van der Waals surface area contributed by atoms with Gasteiger partial charge in [0.05, 0.1) is 12.1 Å². The van der Waals surface area contributed by atoms with Crippen molar-refractivity contribution in [1.82, 2.24) is 4.98 Å². The average molecular weight is 241 g/mol. The van der Waals surface area contributed by atoms with Crippen LogP contribution in [0.1, 0.15) is 23.0 Å². The molecule has 4 nitrogen and oxygen atoms in total. The second kappa shape index (κ2) is 5.51. The summed E-state index contributed by atoms with van der Waals surface area (Å²) in [7, 11) is 0. The van der Waals surface area contributed by atoms with Crippen LogP contribution in [0.15, 0.2) is 23.7 Å². The van der Waals surface area contributed by atoms with Crippen LogP contribution in [0.5, 0.6) is 0 Å². The van der Waals surface area contributed by atoms with Crippen molar-refractivity contribution in [3.05, 3.63) is 35.0 Å². The third-order valence-electron chi connectivity index (χ3n) is 1.95. The van der Waals surface area contributed by atoms with Crippen molar-refractivity contribution in [3.8, 4) is 0 Å². The molecule has 0 spiro atoms. The second-order valence-electron chi connectivity index (χ2n) is 3.26. The molecule has 0 fully saturated rings. The molecule has 16 heavy (non-hydrogen) atoms. The Labute approximate surface area is 99.0 Å². The summed E-state index contributed by atoms with van der Waals surface area (Å²) < 4.78 is 0. The van der Waals surface area contributed by atoms with Crippen molar-refractivity contribution < 1.29 is 9.90 Å². The fourth-order valence-electron chi connectivity index (χ4n) is 1.17. The van der Waals surface area contributed by atoms with Crippen molar-refractivity contribution in [2.24, 2.45) is 0 Å². The largest absolute Gasteiger partial charge is 0.478 e. The molecule has 1 heterocycles. The summed E-state index contributed by atoms with van der Waals surface area (Å²) in [5.74, 6) is -0.469. The van der Waals surface area contributed by atoms with E-state index in [9.17, 15) is 4.79 Å². The summed E-state index contributed by atoms with van der Waals surface area (Å²) in [5, 5.41) is 12.3. The zero-order valence-corrected chi connectivity index (χ0v) is 9.71. The van der Waals surface area contributed by atoms with Crippen LogP contribution in [0, 0.1) is 0 Å². The van der Waals surface area contributed by atoms with Crippen molar-refractivity contribution in [1.29, 1.82) is 0 Å². The Kier molecular flexibility index (Phi) is 4.31. The number of carboxylic acids is 1. The van der Waals surface area contributed by atoms with Gasteiger partial charge >= 0.3 is 5.97 Å². The van der Waals surface area contributed by atoms with Gasteiger partial charge in [0.15, 0.2) is 0 Å². The van der Waals surface area contributed by atoms with Crippen LogP contribution in [0.4, 0.5) is 5.82 Å². The van der Waals surface area contributed by atoms with Gasteiger partial charge in [0.1, 0.15) is 5.82 Å². The first kappa shape index (κ1) is 12.5. The van der Waals surface area contributed by atoms with E-state index in [0.29, 0.717) is 23.8 Å². The Bertz CT molecular complexity index is 418. The topological polar surface area (TPSA) is 62.2 Å². The summed E-state index contributed by atoms with van der Waals surface area (Å²) in [6.07, 6.45) is 0.678. The summed E-state index contributed by atoms with van der Waals surface area (Å²) in [6, 6.07) is 3.03. The van der Waals surface area contributed by atoms with Gasteiger partial charge in [-0.1, -0.05) is 25.1 Å². The number of rotatable bonds is 5. The molecule has 1 aromatic rings. The molecule has 0 atom stereocenters. The number of aryl methyl sites for hydroxylation is 1. The van der Waals surface area contributed by atoms with Gasteiger partial charge in [-0.15, -0.1) is 0 Å². The van der Waals surface area contributed by atoms with Crippen LogP contribution >= 0.6 is 11.6 Å². The molecular weight excluding hydrogens is 228 g/mol. The number of nitrogens with zero attached hydrogens (tertiary/aromatic N) is 1. The minimum absolute atomic E-state index is 0.217. The standard InChI is InChI=1S/C11H13ClN2O2/c1-3-9-4-8(11(15)16)5-10(14-9)13-6-7(2)12/h4-5H,2-3,6H2,1H3,(H,13,14)(H,15,16). The molecule has 0 bridgehead atoms. The van der Waals surface area contributed by atoms with Gasteiger partial charge in [-0.05, 0) is 18.6 Å². The Hall–Kier alpha value is -1.55. The maximum absolute atomic E-state index is 10.9. The quantitative estimate of drug-likeness (QED) is 0.830. The minimum atomic E-state index is -0.968. The van der Waals surface area contributed by atoms with E-state index in [-0.39, 0.29) is 5.56 Å². The Morgan fingerprint density at radius 3 is 2.81 bits per heavy atom. The molecule has 0 unspecified atom stereocenters. The first-order valence-electron chi connectivity index (χ1n) is 4.84. The third-order valence-corrected chi connectivity index (χ3v) is 2.08. The number of anilines is 1. The Balaban J connectivity index is 2.95. The van der Waals surface area contributed by atoms with Gasteiger partial charge in [0, 0.05) is 10.7 Å². The van der Waals surface area contributed by atoms with Crippen molar-refractivity contribution in [2.45, 2.75) is 13.3 Å². The molecular formula is C11H13ClN2O2. The molecule has 0 saturated carbocycles. The number of pyridine rings is 1. The van der Waals surface area contributed by atoms with Gasteiger partial charge in [-0.25, -0.2) is 9.78 Å². The lowest BCUT2D eigenvalue weighted by Gasteiger charge is -2.07. The molecule has 0 aliphatic heterocycles. The first-order chi connectivity index (χ1) is 7.52. The van der Waals surface area contributed by atoms with Crippen LogP contribution in [-0.4, -0.2) is 22.6 Å². The summed E-state index contributed by atoms with van der Waals surface area (Å²) in [5.41, 5.74) is 0.942. The molecule has 0 amide bonds. The highest BCUT2D eigenvalue weighted by Gasteiger charge is 2.07. The summed E-state index contributed by atoms with van der Waals surface area (Å²) >= 11 is 5.60. The van der Waals surface area contributed by atoms with Crippen LogP contribution in [0.25, 0.3) is 0 Å². The molecule has 0 radical (unpaired) electrons. The molecule has 0 aromatic carbocycles. The van der Waals surface area contributed by atoms with Crippen molar-refractivity contribution >= 4 is 23.4 Å². The lowest BCUT2D eigenvalue weighted by molar-refractivity contribution is 0.0696. The van der Waals surface area contributed by atoms with Gasteiger partial charge in [0.25, 0.3) is 0 Å². The number of carboxylic acid groups (broad SMARTS) is 1. The first-order valence-corrected chi connectivity index (χ1v) is 5.22. The lowest BCUT2D eigenvalue weighted by atomic mass is 10.2. The number of nitrogens with one attached hydrogen (secondary N) is 1. The number of halogens is 1. The van der Waals surface area contributed by atoms with Gasteiger partial charge in [0.2, 0.25) is 0 Å². The van der Waals surface area contributed by atoms with E-state index in [1.165, 1.54) is 6.07 Å². The lowest BCUT2D eigenvalue weighted by Crippen LogP contribution is -2.07. The highest BCUT2D eigenvalue weighted by atomic mass is 35.5. The minimum Gasteiger partial charge on any atom is -0.478 e. The van der Waals surface area contributed by atoms with E-state index in [0.717, 1.165) is 5.69 Å². The fourth-order valence-corrected chi connectivity index (χ4v) is 1.24. The van der Waals surface area contributed by atoms with Gasteiger partial charge in [-0.3, -0.25) is 0 Å². The van der Waals surface area contributed by atoms with E-state index in [1.54, 1.807) is 6.07 Å². The molecule has 1 aromatic heterocycles. The maximum Gasteiger partial charge on any atom is 0.335 e. The van der Waals surface area contributed by atoms with Crippen LogP contribution < -0.4 is 5.32 Å². The highest BCUT2D eigenvalue weighted by molar-refractivity contribution is 6.29. The third kappa shape index (κ3) is 3.55. The predicted octanol–water partition coefficient (Wildman–Crippen LogP) is 2.51. The number of hydrogen-bond acceptors (Lipinski definition) is 3. The van der Waals surface area contributed by atoms with Gasteiger partial charge < -0.3 is 10.4 Å².